The predicted molar refractivity (Wildman–Crippen MR) is 81.5 cm³/mol. The van der Waals surface area contributed by atoms with Crippen LogP contribution in [0.2, 0.25) is 5.02 Å². The maximum absolute atomic E-state index is 6.26. The van der Waals surface area contributed by atoms with Crippen LogP contribution in [0, 0.1) is 0 Å². The highest BCUT2D eigenvalue weighted by Crippen LogP contribution is 2.37. The molecule has 1 heterocycles. The monoisotopic (exact) mass is 295 g/mol. The summed E-state index contributed by atoms with van der Waals surface area (Å²) in [5.74, 6) is 0. The van der Waals surface area contributed by atoms with E-state index in [1.54, 1.807) is 18.0 Å². The number of thioether (sulfide) groups is 1. The van der Waals surface area contributed by atoms with Crippen molar-refractivity contribution in [2.24, 2.45) is 12.8 Å². The number of halogens is 1. The van der Waals surface area contributed by atoms with Crippen molar-refractivity contribution in [3.8, 4) is 0 Å². The zero-order valence-corrected chi connectivity index (χ0v) is 12.7. The van der Waals surface area contributed by atoms with Gasteiger partial charge >= 0.3 is 0 Å². The fourth-order valence-corrected chi connectivity index (χ4v) is 3.21. The van der Waals surface area contributed by atoms with E-state index in [-0.39, 0.29) is 11.3 Å². The molecule has 2 aromatic rings. The number of aromatic nitrogens is 2. The average molecular weight is 296 g/mol. The van der Waals surface area contributed by atoms with Crippen molar-refractivity contribution < 1.29 is 0 Å². The highest BCUT2D eigenvalue weighted by Gasteiger charge is 2.21. The smallest absolute Gasteiger partial charge is 0.168 e. The van der Waals surface area contributed by atoms with Crippen molar-refractivity contribution in [3.05, 3.63) is 47.2 Å². The number of hydrogen-bond donors (Lipinski definition) is 1. The fourth-order valence-electron chi connectivity index (χ4n) is 1.85. The summed E-state index contributed by atoms with van der Waals surface area (Å²) in [6, 6.07) is 7.98. The van der Waals surface area contributed by atoms with E-state index in [0.717, 1.165) is 16.6 Å². The Labute approximate surface area is 123 Å². The van der Waals surface area contributed by atoms with Gasteiger partial charge in [-0.05, 0) is 24.1 Å². The molecule has 0 aliphatic carbocycles. The van der Waals surface area contributed by atoms with Gasteiger partial charge in [0.15, 0.2) is 5.16 Å². The Hall–Kier alpha value is -0.970. The first-order valence-corrected chi connectivity index (χ1v) is 7.52. The molecule has 102 valence electrons. The van der Waals surface area contributed by atoms with Crippen LogP contribution in [0.25, 0.3) is 0 Å². The number of aryl methyl sites for hydroxylation is 1. The van der Waals surface area contributed by atoms with E-state index in [1.165, 1.54) is 5.56 Å². The maximum atomic E-state index is 6.26. The van der Waals surface area contributed by atoms with Gasteiger partial charge in [0.25, 0.3) is 0 Å². The van der Waals surface area contributed by atoms with Crippen LogP contribution in [-0.4, -0.2) is 15.6 Å². The van der Waals surface area contributed by atoms with Gasteiger partial charge in [0.2, 0.25) is 0 Å². The largest absolute Gasteiger partial charge is 0.329 e. The van der Waals surface area contributed by atoms with Gasteiger partial charge in [0.05, 0.1) is 5.25 Å². The molecule has 0 bridgehead atoms. The molecule has 0 fully saturated rings. The van der Waals surface area contributed by atoms with E-state index >= 15 is 0 Å². The Morgan fingerprint density at radius 2 is 2.05 bits per heavy atom. The molecule has 0 saturated carbocycles. The summed E-state index contributed by atoms with van der Waals surface area (Å²) in [4.78, 5) is 4.36. The van der Waals surface area contributed by atoms with Crippen molar-refractivity contribution in [2.75, 3.05) is 0 Å². The lowest BCUT2D eigenvalue weighted by Gasteiger charge is -2.22. The van der Waals surface area contributed by atoms with E-state index in [2.05, 4.69) is 11.9 Å². The van der Waals surface area contributed by atoms with Gasteiger partial charge in [-0.2, -0.15) is 0 Å². The Kier molecular flexibility index (Phi) is 4.91. The molecule has 0 aliphatic rings. The first-order valence-electron chi connectivity index (χ1n) is 6.27. The highest BCUT2D eigenvalue weighted by molar-refractivity contribution is 7.99. The number of benzene rings is 1. The minimum atomic E-state index is 0.0860. The van der Waals surface area contributed by atoms with E-state index < -0.39 is 0 Å². The number of nitrogens with two attached hydrogens (primary N) is 1. The summed E-state index contributed by atoms with van der Waals surface area (Å²) in [6.45, 7) is 2.10. The summed E-state index contributed by atoms with van der Waals surface area (Å²) in [7, 11) is 1.99. The molecule has 0 spiro atoms. The predicted octanol–water partition coefficient (Wildman–Crippen LogP) is 3.64. The number of hydrogen-bond acceptors (Lipinski definition) is 3. The van der Waals surface area contributed by atoms with Crippen LogP contribution in [0.3, 0.4) is 0 Å². The van der Waals surface area contributed by atoms with Gasteiger partial charge in [0, 0.05) is 30.5 Å². The lowest BCUT2D eigenvalue weighted by Crippen LogP contribution is -2.25. The van der Waals surface area contributed by atoms with Crippen LogP contribution >= 0.6 is 23.4 Å². The van der Waals surface area contributed by atoms with E-state index in [1.807, 2.05) is 42.1 Å². The van der Waals surface area contributed by atoms with Gasteiger partial charge in [-0.3, -0.25) is 0 Å². The second-order valence-electron chi connectivity index (χ2n) is 4.48. The molecule has 0 saturated heterocycles. The zero-order chi connectivity index (χ0) is 13.8. The Morgan fingerprint density at radius 1 is 1.37 bits per heavy atom. The van der Waals surface area contributed by atoms with Crippen molar-refractivity contribution in [1.29, 1.82) is 0 Å². The molecule has 19 heavy (non-hydrogen) atoms. The zero-order valence-electron chi connectivity index (χ0n) is 11.1. The fraction of sp³-hybridized carbons (Fsp3) is 0.357. The minimum absolute atomic E-state index is 0.0860. The average Bonchev–Trinajstić information content (AvgIpc) is 2.82. The normalized spacial score (nSPS) is 14.3. The molecule has 0 radical (unpaired) electrons. The van der Waals surface area contributed by atoms with Crippen LogP contribution in [0.1, 0.15) is 24.2 Å². The quantitative estimate of drug-likeness (QED) is 0.857. The third kappa shape index (κ3) is 3.53. The molecule has 1 aromatic carbocycles. The second-order valence-corrected chi connectivity index (χ2v) is 6.03. The molecule has 2 atom stereocenters. The van der Waals surface area contributed by atoms with Crippen LogP contribution in [0.5, 0.6) is 0 Å². The molecule has 0 amide bonds. The first kappa shape index (κ1) is 14.4. The van der Waals surface area contributed by atoms with Crippen molar-refractivity contribution in [2.45, 2.75) is 29.8 Å². The lowest BCUT2D eigenvalue weighted by molar-refractivity contribution is 0.630. The summed E-state index contributed by atoms with van der Waals surface area (Å²) in [5.41, 5.74) is 7.45. The molecule has 2 unspecified atom stereocenters. The molecule has 3 nitrogen and oxygen atoms in total. The Balaban J connectivity index is 2.26. The van der Waals surface area contributed by atoms with Gasteiger partial charge < -0.3 is 10.3 Å². The minimum Gasteiger partial charge on any atom is -0.329 e. The highest BCUT2D eigenvalue weighted by atomic mass is 35.5. The Bertz CT molecular complexity index is 524. The van der Waals surface area contributed by atoms with E-state index in [0.29, 0.717) is 0 Å². The van der Waals surface area contributed by atoms with Gasteiger partial charge in [-0.15, -0.1) is 0 Å². The summed E-state index contributed by atoms with van der Waals surface area (Å²) in [6.07, 6.45) is 4.67. The molecule has 2 N–H and O–H groups in total. The molecular weight excluding hydrogens is 278 g/mol. The number of rotatable bonds is 5. The molecule has 5 heteroatoms. The standard InChI is InChI=1S/C14H18ClN3S/c1-3-12(16)13(10-4-6-11(15)7-5-10)19-14-17-8-9-18(14)2/h4-9,12-13H,3,16H2,1-2H3. The summed E-state index contributed by atoms with van der Waals surface area (Å²) >= 11 is 7.64. The molecule has 2 rings (SSSR count). The SMILES string of the molecule is CCC(N)C(Sc1nccn1C)c1ccc(Cl)cc1. The van der Waals surface area contributed by atoms with Crippen LogP contribution in [-0.2, 0) is 7.05 Å². The van der Waals surface area contributed by atoms with Gasteiger partial charge in [-0.1, -0.05) is 42.4 Å². The van der Waals surface area contributed by atoms with E-state index in [9.17, 15) is 0 Å². The number of nitrogens with zero attached hydrogens (tertiary/aromatic N) is 2. The third-order valence-corrected chi connectivity index (χ3v) is 4.80. The molecule has 1 aromatic heterocycles. The van der Waals surface area contributed by atoms with Crippen molar-refractivity contribution >= 4 is 23.4 Å². The van der Waals surface area contributed by atoms with Crippen molar-refractivity contribution in [1.82, 2.24) is 9.55 Å². The third-order valence-electron chi connectivity index (χ3n) is 3.07. The van der Waals surface area contributed by atoms with Crippen LogP contribution < -0.4 is 5.73 Å². The topological polar surface area (TPSA) is 43.8 Å². The first-order chi connectivity index (χ1) is 9.11. The van der Waals surface area contributed by atoms with Gasteiger partial charge in [-0.25, -0.2) is 4.98 Å². The van der Waals surface area contributed by atoms with Crippen LogP contribution in [0.15, 0.2) is 41.8 Å². The Morgan fingerprint density at radius 3 is 2.58 bits per heavy atom. The maximum Gasteiger partial charge on any atom is 0.168 e. The summed E-state index contributed by atoms with van der Waals surface area (Å²) < 4.78 is 2.01. The summed E-state index contributed by atoms with van der Waals surface area (Å²) in [5, 5.41) is 1.90. The van der Waals surface area contributed by atoms with Crippen LogP contribution in [0.4, 0.5) is 0 Å². The number of imidazole rings is 1. The molecular formula is C14H18ClN3S. The van der Waals surface area contributed by atoms with E-state index in [4.69, 9.17) is 17.3 Å². The second kappa shape index (κ2) is 6.46. The lowest BCUT2D eigenvalue weighted by atomic mass is 10.0. The van der Waals surface area contributed by atoms with Crippen molar-refractivity contribution in [3.63, 3.8) is 0 Å². The molecule has 0 aliphatic heterocycles. The van der Waals surface area contributed by atoms with Gasteiger partial charge in [0.1, 0.15) is 0 Å².